The molecule has 1 aromatic heterocycles. The highest BCUT2D eigenvalue weighted by atomic mass is 35.5. The summed E-state index contributed by atoms with van der Waals surface area (Å²) < 4.78 is 0. The molecule has 1 heterocycles. The first kappa shape index (κ1) is 17.6. The molecule has 0 aliphatic rings. The summed E-state index contributed by atoms with van der Waals surface area (Å²) in [5.74, 6) is -0.908. The molecule has 3 N–H and O–H groups in total. The van der Waals surface area contributed by atoms with Crippen LogP contribution in [0.1, 0.15) is 33.9 Å². The normalized spacial score (nSPS) is 10.1. The van der Waals surface area contributed by atoms with Gasteiger partial charge in [0.05, 0.1) is 10.7 Å². The number of hydrogen-bond acceptors (Lipinski definition) is 4. The van der Waals surface area contributed by atoms with Gasteiger partial charge in [-0.15, -0.1) is 23.7 Å². The summed E-state index contributed by atoms with van der Waals surface area (Å²) in [7, 11) is 0. The van der Waals surface area contributed by atoms with Gasteiger partial charge in [0.15, 0.2) is 0 Å². The van der Waals surface area contributed by atoms with E-state index in [1.165, 1.54) is 11.3 Å². The summed E-state index contributed by atoms with van der Waals surface area (Å²) in [5, 5.41) is 10.2. The Balaban J connectivity index is 0.00000220. The van der Waals surface area contributed by atoms with E-state index in [1.54, 1.807) is 0 Å². The summed E-state index contributed by atoms with van der Waals surface area (Å²) in [4.78, 5) is 16.2. The van der Waals surface area contributed by atoms with Crippen molar-refractivity contribution in [1.82, 2.24) is 4.98 Å². The van der Waals surface area contributed by atoms with Gasteiger partial charge in [0, 0.05) is 5.56 Å². The number of rotatable bonds is 7. The Morgan fingerprint density at radius 1 is 1.19 bits per heavy atom. The van der Waals surface area contributed by atoms with Gasteiger partial charge >= 0.3 is 5.97 Å². The van der Waals surface area contributed by atoms with E-state index in [1.807, 2.05) is 30.3 Å². The lowest BCUT2D eigenvalue weighted by molar-refractivity contribution is 0.0702. The van der Waals surface area contributed by atoms with Crippen LogP contribution < -0.4 is 5.73 Å². The molecule has 0 spiro atoms. The zero-order valence-electron chi connectivity index (χ0n) is 11.6. The summed E-state index contributed by atoms with van der Waals surface area (Å²) in [6, 6.07) is 9.46. The van der Waals surface area contributed by atoms with Crippen molar-refractivity contribution in [2.75, 3.05) is 6.54 Å². The molecule has 0 aliphatic heterocycles. The summed E-state index contributed by atoms with van der Waals surface area (Å²) in [6.45, 7) is 0.702. The summed E-state index contributed by atoms with van der Waals surface area (Å²) in [6.07, 6.45) is 3.87. The van der Waals surface area contributed by atoms with Gasteiger partial charge in [0.2, 0.25) is 0 Å². The Labute approximate surface area is 134 Å². The van der Waals surface area contributed by atoms with Crippen LogP contribution in [0.3, 0.4) is 0 Å². The number of hydrogen-bond donors (Lipinski definition) is 2. The lowest BCUT2D eigenvalue weighted by atomic mass is 10.1. The van der Waals surface area contributed by atoms with Gasteiger partial charge in [-0.3, -0.25) is 0 Å². The van der Waals surface area contributed by atoms with Crippen molar-refractivity contribution in [2.45, 2.75) is 25.7 Å². The first-order valence-corrected chi connectivity index (χ1v) is 7.52. The molecule has 4 nitrogen and oxygen atoms in total. The molecule has 0 unspecified atom stereocenters. The largest absolute Gasteiger partial charge is 0.477 e. The monoisotopic (exact) mass is 326 g/mol. The number of halogens is 1. The van der Waals surface area contributed by atoms with E-state index in [0.717, 1.165) is 36.3 Å². The molecule has 2 rings (SSSR count). The molecule has 21 heavy (non-hydrogen) atoms. The fourth-order valence-electron chi connectivity index (χ4n) is 2.01. The highest BCUT2D eigenvalue weighted by molar-refractivity contribution is 7.14. The smallest absolute Gasteiger partial charge is 0.348 e. The van der Waals surface area contributed by atoms with E-state index in [4.69, 9.17) is 5.73 Å². The Kier molecular flexibility index (Phi) is 7.36. The minimum Gasteiger partial charge on any atom is -0.477 e. The number of aromatic carboxylic acids is 1. The zero-order valence-corrected chi connectivity index (χ0v) is 13.3. The lowest BCUT2D eigenvalue weighted by Crippen LogP contribution is -1.98. The molecule has 6 heteroatoms. The number of carbonyl (C=O) groups is 1. The lowest BCUT2D eigenvalue weighted by Gasteiger charge is -1.98. The fraction of sp³-hybridized carbons (Fsp3) is 0.333. The number of benzene rings is 1. The van der Waals surface area contributed by atoms with Crippen LogP contribution in [0.5, 0.6) is 0 Å². The predicted octanol–water partition coefficient (Wildman–Crippen LogP) is 3.60. The Morgan fingerprint density at radius 2 is 1.90 bits per heavy atom. The molecule has 0 aliphatic carbocycles. The van der Waals surface area contributed by atoms with Gasteiger partial charge in [-0.1, -0.05) is 36.8 Å². The Morgan fingerprint density at radius 3 is 2.52 bits per heavy atom. The maximum Gasteiger partial charge on any atom is 0.348 e. The Bertz CT molecular complexity index is 572. The minimum absolute atomic E-state index is 0. The molecule has 0 saturated heterocycles. The number of nitrogens with two attached hydrogens (primary N) is 1. The van der Waals surface area contributed by atoms with Gasteiger partial charge in [-0.25, -0.2) is 9.78 Å². The summed E-state index contributed by atoms with van der Waals surface area (Å²) in [5.41, 5.74) is 6.90. The van der Waals surface area contributed by atoms with Crippen LogP contribution in [0.25, 0.3) is 11.3 Å². The molecule has 0 amide bonds. The molecule has 0 saturated carbocycles. The van der Waals surface area contributed by atoms with Crippen molar-refractivity contribution in [3.63, 3.8) is 0 Å². The maximum absolute atomic E-state index is 11.3. The molecule has 0 fully saturated rings. The van der Waals surface area contributed by atoms with Gasteiger partial charge in [-0.05, 0) is 25.8 Å². The average Bonchev–Trinajstić information content (AvgIpc) is 2.89. The van der Waals surface area contributed by atoms with Crippen molar-refractivity contribution >= 4 is 29.7 Å². The first-order chi connectivity index (χ1) is 9.72. The molecular weight excluding hydrogens is 308 g/mol. The zero-order chi connectivity index (χ0) is 14.4. The molecule has 2 aromatic rings. The van der Waals surface area contributed by atoms with E-state index >= 15 is 0 Å². The number of aryl methyl sites for hydroxylation is 1. The SMILES string of the molecule is Cl.NCCCCCc1nc(-c2ccccc2)c(C(=O)O)s1. The van der Waals surface area contributed by atoms with E-state index in [2.05, 4.69) is 4.98 Å². The second kappa shape index (κ2) is 8.77. The quantitative estimate of drug-likeness (QED) is 0.762. The molecule has 0 radical (unpaired) electrons. The Hall–Kier alpha value is -1.43. The maximum atomic E-state index is 11.3. The standard InChI is InChI=1S/C15H18N2O2S.ClH/c16-10-6-2-5-9-12-17-13(14(20-12)15(18)19)11-7-3-1-4-8-11;/h1,3-4,7-8H,2,5-6,9-10,16H2,(H,18,19);1H. The van der Waals surface area contributed by atoms with Gasteiger partial charge in [0.1, 0.15) is 4.88 Å². The van der Waals surface area contributed by atoms with Crippen molar-refractivity contribution in [2.24, 2.45) is 5.73 Å². The molecule has 0 bridgehead atoms. The highest BCUT2D eigenvalue weighted by Crippen LogP contribution is 2.29. The number of carboxylic acids is 1. The van der Waals surface area contributed by atoms with Gasteiger partial charge in [-0.2, -0.15) is 0 Å². The second-order valence-corrected chi connectivity index (χ2v) is 5.64. The predicted molar refractivity (Wildman–Crippen MR) is 88.4 cm³/mol. The number of aromatic nitrogens is 1. The van der Waals surface area contributed by atoms with Crippen LogP contribution >= 0.6 is 23.7 Å². The van der Waals surface area contributed by atoms with E-state index in [9.17, 15) is 9.90 Å². The van der Waals surface area contributed by atoms with Gasteiger partial charge < -0.3 is 10.8 Å². The number of nitrogens with zero attached hydrogens (tertiary/aromatic N) is 1. The van der Waals surface area contributed by atoms with Crippen molar-refractivity contribution in [1.29, 1.82) is 0 Å². The van der Waals surface area contributed by atoms with Crippen molar-refractivity contribution in [3.8, 4) is 11.3 Å². The number of thiazole rings is 1. The van der Waals surface area contributed by atoms with Crippen LogP contribution in [-0.2, 0) is 6.42 Å². The van der Waals surface area contributed by atoms with Crippen LogP contribution in [0.15, 0.2) is 30.3 Å². The van der Waals surface area contributed by atoms with Crippen LogP contribution in [0, 0.1) is 0 Å². The van der Waals surface area contributed by atoms with Crippen LogP contribution in [0.4, 0.5) is 0 Å². The first-order valence-electron chi connectivity index (χ1n) is 6.71. The fourth-order valence-corrected chi connectivity index (χ4v) is 2.97. The molecule has 0 atom stereocenters. The third-order valence-corrected chi connectivity index (χ3v) is 4.11. The summed E-state index contributed by atoms with van der Waals surface area (Å²) >= 11 is 1.28. The van der Waals surface area contributed by atoms with E-state index in [0.29, 0.717) is 17.1 Å². The third-order valence-electron chi connectivity index (χ3n) is 3.01. The van der Waals surface area contributed by atoms with Crippen LogP contribution in [-0.4, -0.2) is 22.6 Å². The number of carboxylic acid groups (broad SMARTS) is 1. The van der Waals surface area contributed by atoms with Crippen molar-refractivity contribution in [3.05, 3.63) is 40.2 Å². The topological polar surface area (TPSA) is 76.2 Å². The van der Waals surface area contributed by atoms with Crippen LogP contribution in [0.2, 0.25) is 0 Å². The van der Waals surface area contributed by atoms with E-state index in [-0.39, 0.29) is 12.4 Å². The average molecular weight is 327 g/mol. The molecule has 114 valence electrons. The number of unbranched alkanes of at least 4 members (excludes halogenated alkanes) is 2. The van der Waals surface area contributed by atoms with E-state index < -0.39 is 5.97 Å². The molecule has 1 aromatic carbocycles. The highest BCUT2D eigenvalue weighted by Gasteiger charge is 2.18. The second-order valence-electron chi connectivity index (χ2n) is 4.56. The van der Waals surface area contributed by atoms with Gasteiger partial charge in [0.25, 0.3) is 0 Å². The molecular formula is C15H19ClN2O2S. The van der Waals surface area contributed by atoms with Crippen molar-refractivity contribution < 1.29 is 9.90 Å². The minimum atomic E-state index is -0.908. The third kappa shape index (κ3) is 4.81.